The first-order valence-electron chi connectivity index (χ1n) is 4.10. The van der Waals surface area contributed by atoms with Crippen LogP contribution in [0.5, 0.6) is 0 Å². The molecule has 1 N–H and O–H groups in total. The molecule has 78 valence electrons. The molecule has 5 heteroatoms. The molecular weight excluding hydrogens is 176 g/mol. The highest BCUT2D eigenvalue weighted by Gasteiger charge is 2.08. The van der Waals surface area contributed by atoms with Gasteiger partial charge in [-0.2, -0.15) is 0 Å². The van der Waals surface area contributed by atoms with Gasteiger partial charge in [-0.3, -0.25) is 0 Å². The minimum atomic E-state index is -1.07. The Kier molecular flexibility index (Phi) is 7.57. The van der Waals surface area contributed by atoms with Gasteiger partial charge in [0.2, 0.25) is 0 Å². The Morgan fingerprint density at radius 1 is 1.31 bits per heavy atom. The molecular formula is C8H16O5. The maximum atomic E-state index is 10.7. The summed E-state index contributed by atoms with van der Waals surface area (Å²) in [6.07, 6.45) is -1.07. The average molecular weight is 192 g/mol. The van der Waals surface area contributed by atoms with E-state index in [1.54, 1.807) is 7.11 Å². The van der Waals surface area contributed by atoms with Crippen molar-refractivity contribution in [3.63, 3.8) is 0 Å². The molecule has 0 amide bonds. The SMILES string of the molecule is COCCOCCOC(=O)[C@@H](C)O. The molecule has 0 bridgehead atoms. The van der Waals surface area contributed by atoms with Crippen molar-refractivity contribution < 1.29 is 24.1 Å². The first-order chi connectivity index (χ1) is 6.18. The van der Waals surface area contributed by atoms with Gasteiger partial charge in [-0.15, -0.1) is 0 Å². The van der Waals surface area contributed by atoms with Gasteiger partial charge >= 0.3 is 5.97 Å². The van der Waals surface area contributed by atoms with Crippen molar-refractivity contribution in [3.05, 3.63) is 0 Å². The molecule has 5 nitrogen and oxygen atoms in total. The lowest BCUT2D eigenvalue weighted by molar-refractivity contribution is -0.154. The van der Waals surface area contributed by atoms with Crippen molar-refractivity contribution in [1.29, 1.82) is 0 Å². The molecule has 1 atom stereocenters. The van der Waals surface area contributed by atoms with Crippen LogP contribution in [0.4, 0.5) is 0 Å². The van der Waals surface area contributed by atoms with Gasteiger partial charge in [0.25, 0.3) is 0 Å². The van der Waals surface area contributed by atoms with Crippen LogP contribution >= 0.6 is 0 Å². The van der Waals surface area contributed by atoms with Crippen LogP contribution in [-0.4, -0.2) is 50.7 Å². The Labute approximate surface area is 77.6 Å². The van der Waals surface area contributed by atoms with Gasteiger partial charge in [-0.05, 0) is 6.92 Å². The van der Waals surface area contributed by atoms with E-state index in [4.69, 9.17) is 14.6 Å². The lowest BCUT2D eigenvalue weighted by Gasteiger charge is -2.06. The summed E-state index contributed by atoms with van der Waals surface area (Å²) in [6.45, 7) is 2.83. The Morgan fingerprint density at radius 3 is 2.46 bits per heavy atom. The van der Waals surface area contributed by atoms with Crippen LogP contribution in [0.1, 0.15) is 6.92 Å². The summed E-state index contributed by atoms with van der Waals surface area (Å²) < 4.78 is 14.4. The van der Waals surface area contributed by atoms with Crippen molar-refractivity contribution in [1.82, 2.24) is 0 Å². The number of hydrogen-bond acceptors (Lipinski definition) is 5. The zero-order chi connectivity index (χ0) is 10.1. The maximum Gasteiger partial charge on any atom is 0.334 e. The van der Waals surface area contributed by atoms with Gasteiger partial charge in [0.05, 0.1) is 19.8 Å². The minimum Gasteiger partial charge on any atom is -0.461 e. The summed E-state index contributed by atoms with van der Waals surface area (Å²) in [5, 5.41) is 8.73. The zero-order valence-corrected chi connectivity index (χ0v) is 7.99. The lowest BCUT2D eigenvalue weighted by atomic mass is 10.4. The summed E-state index contributed by atoms with van der Waals surface area (Å²) in [5.41, 5.74) is 0. The molecule has 0 unspecified atom stereocenters. The second-order valence-electron chi connectivity index (χ2n) is 2.45. The molecule has 13 heavy (non-hydrogen) atoms. The number of esters is 1. The van der Waals surface area contributed by atoms with Crippen LogP contribution in [0, 0.1) is 0 Å². The van der Waals surface area contributed by atoms with Crippen LogP contribution < -0.4 is 0 Å². The Morgan fingerprint density at radius 2 is 1.92 bits per heavy atom. The molecule has 0 saturated carbocycles. The van der Waals surface area contributed by atoms with Crippen LogP contribution in [0.2, 0.25) is 0 Å². The van der Waals surface area contributed by atoms with Crippen LogP contribution in [-0.2, 0) is 19.0 Å². The molecule has 0 spiro atoms. The first kappa shape index (κ1) is 12.3. The Balaban J connectivity index is 3.12. The monoisotopic (exact) mass is 192 g/mol. The second kappa shape index (κ2) is 7.97. The van der Waals surface area contributed by atoms with Crippen LogP contribution in [0.3, 0.4) is 0 Å². The molecule has 0 aliphatic rings. The van der Waals surface area contributed by atoms with Crippen molar-refractivity contribution in [2.75, 3.05) is 33.5 Å². The fraction of sp³-hybridized carbons (Fsp3) is 0.875. The number of methoxy groups -OCH3 is 1. The maximum absolute atomic E-state index is 10.7. The van der Waals surface area contributed by atoms with E-state index >= 15 is 0 Å². The van der Waals surface area contributed by atoms with E-state index in [2.05, 4.69) is 4.74 Å². The largest absolute Gasteiger partial charge is 0.461 e. The van der Waals surface area contributed by atoms with Crippen molar-refractivity contribution >= 4 is 5.97 Å². The Hall–Kier alpha value is -0.650. The van der Waals surface area contributed by atoms with E-state index in [1.807, 2.05) is 0 Å². The smallest absolute Gasteiger partial charge is 0.334 e. The molecule has 0 heterocycles. The third-order valence-electron chi connectivity index (χ3n) is 1.24. The van der Waals surface area contributed by atoms with Gasteiger partial charge in [-0.1, -0.05) is 0 Å². The standard InChI is InChI=1S/C8H16O5/c1-7(9)8(10)13-6-5-12-4-3-11-2/h7,9H,3-6H2,1-2H3/t7-/m1/s1. The van der Waals surface area contributed by atoms with Crippen molar-refractivity contribution in [3.8, 4) is 0 Å². The summed E-state index contributed by atoms with van der Waals surface area (Å²) in [7, 11) is 1.58. The van der Waals surface area contributed by atoms with E-state index in [0.717, 1.165) is 0 Å². The summed E-state index contributed by atoms with van der Waals surface area (Å²) in [6, 6.07) is 0. The van der Waals surface area contributed by atoms with Gasteiger partial charge in [0.15, 0.2) is 0 Å². The fourth-order valence-electron chi connectivity index (χ4n) is 0.566. The molecule has 0 radical (unpaired) electrons. The van der Waals surface area contributed by atoms with Gasteiger partial charge in [0.1, 0.15) is 12.7 Å². The number of aliphatic hydroxyl groups is 1. The van der Waals surface area contributed by atoms with Gasteiger partial charge in [0, 0.05) is 7.11 Å². The molecule has 0 rings (SSSR count). The Bertz CT molecular complexity index is 134. The second-order valence-corrected chi connectivity index (χ2v) is 2.45. The fourth-order valence-corrected chi connectivity index (χ4v) is 0.566. The number of carbonyl (C=O) groups is 1. The molecule has 0 aliphatic carbocycles. The summed E-state index contributed by atoms with van der Waals surface area (Å²) >= 11 is 0. The van der Waals surface area contributed by atoms with Gasteiger partial charge in [-0.25, -0.2) is 4.79 Å². The average Bonchev–Trinajstić information content (AvgIpc) is 2.10. The normalized spacial score (nSPS) is 12.5. The molecule has 0 aromatic heterocycles. The number of ether oxygens (including phenoxy) is 3. The molecule has 0 aromatic carbocycles. The highest BCUT2D eigenvalue weighted by molar-refractivity contribution is 5.73. The molecule has 0 aliphatic heterocycles. The topological polar surface area (TPSA) is 65.0 Å². The molecule has 0 aromatic rings. The van der Waals surface area contributed by atoms with E-state index in [9.17, 15) is 4.79 Å². The zero-order valence-electron chi connectivity index (χ0n) is 7.99. The van der Waals surface area contributed by atoms with Gasteiger partial charge < -0.3 is 19.3 Å². The third kappa shape index (κ3) is 7.70. The third-order valence-corrected chi connectivity index (χ3v) is 1.24. The number of carbonyl (C=O) groups excluding carboxylic acids is 1. The lowest BCUT2D eigenvalue weighted by Crippen LogP contribution is -2.21. The van der Waals surface area contributed by atoms with E-state index in [1.165, 1.54) is 6.92 Å². The minimum absolute atomic E-state index is 0.160. The predicted molar refractivity (Wildman–Crippen MR) is 45.3 cm³/mol. The van der Waals surface area contributed by atoms with E-state index in [0.29, 0.717) is 19.8 Å². The number of rotatable bonds is 7. The number of hydrogen-bond donors (Lipinski definition) is 1. The molecule has 0 fully saturated rings. The summed E-state index contributed by atoms with van der Waals surface area (Å²) in [5.74, 6) is -0.629. The summed E-state index contributed by atoms with van der Waals surface area (Å²) in [4.78, 5) is 10.7. The molecule has 0 saturated heterocycles. The first-order valence-corrected chi connectivity index (χ1v) is 4.10. The highest BCUT2D eigenvalue weighted by atomic mass is 16.6. The van der Waals surface area contributed by atoms with Crippen molar-refractivity contribution in [2.45, 2.75) is 13.0 Å². The van der Waals surface area contributed by atoms with Crippen molar-refractivity contribution in [2.24, 2.45) is 0 Å². The van der Waals surface area contributed by atoms with Crippen LogP contribution in [0.15, 0.2) is 0 Å². The van der Waals surface area contributed by atoms with E-state index < -0.39 is 12.1 Å². The quantitative estimate of drug-likeness (QED) is 0.438. The predicted octanol–water partition coefficient (Wildman–Crippen LogP) is -0.427. The van der Waals surface area contributed by atoms with Crippen LogP contribution in [0.25, 0.3) is 0 Å². The highest BCUT2D eigenvalue weighted by Crippen LogP contribution is 1.86. The van der Waals surface area contributed by atoms with E-state index in [-0.39, 0.29) is 6.61 Å². The number of aliphatic hydroxyl groups excluding tert-OH is 1.